The van der Waals surface area contributed by atoms with Crippen molar-refractivity contribution in [2.45, 2.75) is 13.8 Å². The van der Waals surface area contributed by atoms with E-state index < -0.39 is 0 Å². The summed E-state index contributed by atoms with van der Waals surface area (Å²) in [5.41, 5.74) is 4.64. The van der Waals surface area contributed by atoms with Crippen LogP contribution in [0.3, 0.4) is 0 Å². The highest BCUT2D eigenvalue weighted by Gasteiger charge is 1.98. The van der Waals surface area contributed by atoms with E-state index in [9.17, 15) is 0 Å². The van der Waals surface area contributed by atoms with E-state index in [0.29, 0.717) is 0 Å². The van der Waals surface area contributed by atoms with Gasteiger partial charge in [-0.25, -0.2) is 0 Å². The fourth-order valence-electron chi connectivity index (χ4n) is 1.16. The Labute approximate surface area is 75.9 Å². The lowest BCUT2D eigenvalue weighted by molar-refractivity contribution is 1.33. The van der Waals surface area contributed by atoms with Crippen molar-refractivity contribution in [2.75, 3.05) is 10.8 Å². The van der Waals surface area contributed by atoms with E-state index in [1.165, 1.54) is 16.8 Å². The van der Waals surface area contributed by atoms with Gasteiger partial charge in [0.25, 0.3) is 0 Å². The second-order valence-corrected chi connectivity index (χ2v) is 3.14. The molecule has 0 amide bonds. The molecule has 11 heavy (non-hydrogen) atoms. The highest BCUT2D eigenvalue weighted by molar-refractivity contribution is 9.09. The zero-order chi connectivity index (χ0) is 8.27. The molecule has 2 heteroatoms. The number of nitrogens with one attached hydrogen (secondary N) is 1. The molecule has 0 spiro atoms. The fraction of sp³-hybridized carbons (Fsp3) is 0.333. The van der Waals surface area contributed by atoms with Crippen LogP contribution >= 0.6 is 15.9 Å². The van der Waals surface area contributed by atoms with Gasteiger partial charge in [0, 0.05) is 5.69 Å². The normalized spacial score (nSPS) is 9.73. The molecule has 1 rings (SSSR count). The molecule has 1 nitrogen and oxygen atoms in total. The third-order valence-corrected chi connectivity index (χ3v) is 2.01. The third kappa shape index (κ3) is 1.96. The van der Waals surface area contributed by atoms with Gasteiger partial charge >= 0.3 is 0 Å². The van der Waals surface area contributed by atoms with Gasteiger partial charge in [0.2, 0.25) is 0 Å². The molecule has 0 aliphatic carbocycles. The summed E-state index contributed by atoms with van der Waals surface area (Å²) < 4.78 is 0. The van der Waals surface area contributed by atoms with Crippen molar-refractivity contribution in [3.63, 3.8) is 0 Å². The van der Waals surface area contributed by atoms with Crippen LogP contribution in [0.5, 0.6) is 0 Å². The Kier molecular flexibility index (Phi) is 2.94. The van der Waals surface area contributed by atoms with Crippen molar-refractivity contribution in [3.05, 3.63) is 29.3 Å². The van der Waals surface area contributed by atoms with Crippen LogP contribution in [-0.4, -0.2) is 5.45 Å². The lowest BCUT2D eigenvalue weighted by Gasteiger charge is -2.09. The highest BCUT2D eigenvalue weighted by atomic mass is 79.9. The third-order valence-electron chi connectivity index (χ3n) is 1.72. The Morgan fingerprint density at radius 3 is 2.27 bits per heavy atom. The van der Waals surface area contributed by atoms with E-state index in [0.717, 1.165) is 5.45 Å². The summed E-state index contributed by atoms with van der Waals surface area (Å²) >= 11 is 3.34. The Morgan fingerprint density at radius 1 is 1.27 bits per heavy atom. The molecule has 0 saturated carbocycles. The van der Waals surface area contributed by atoms with E-state index >= 15 is 0 Å². The van der Waals surface area contributed by atoms with E-state index in [1.807, 2.05) is 0 Å². The molecular formula is C9H12BrN. The first-order chi connectivity index (χ1) is 5.25. The molecule has 60 valence electrons. The number of aryl methyl sites for hydroxylation is 2. The molecular weight excluding hydrogens is 202 g/mol. The van der Waals surface area contributed by atoms with Crippen molar-refractivity contribution in [2.24, 2.45) is 0 Å². The minimum atomic E-state index is 0.804. The molecule has 0 unspecified atom stereocenters. The molecule has 0 fully saturated rings. The predicted molar refractivity (Wildman–Crippen MR) is 53.3 cm³/mol. The van der Waals surface area contributed by atoms with Crippen LogP contribution in [0.1, 0.15) is 11.1 Å². The second kappa shape index (κ2) is 3.77. The monoisotopic (exact) mass is 213 g/mol. The standard InChI is InChI=1S/C9H12BrN/c1-7-4-3-5-8(2)9(7)11-6-10/h3-5,11H,6H2,1-2H3. The van der Waals surface area contributed by atoms with Gasteiger partial charge in [-0.1, -0.05) is 34.1 Å². The summed E-state index contributed by atoms with van der Waals surface area (Å²) in [5.74, 6) is 0. The lowest BCUT2D eigenvalue weighted by atomic mass is 10.1. The maximum atomic E-state index is 3.34. The van der Waals surface area contributed by atoms with Crippen LogP contribution in [0.4, 0.5) is 5.69 Å². The molecule has 0 heterocycles. The van der Waals surface area contributed by atoms with Crippen molar-refractivity contribution in [1.82, 2.24) is 0 Å². The van der Waals surface area contributed by atoms with Gasteiger partial charge in [0.1, 0.15) is 0 Å². The van der Waals surface area contributed by atoms with Gasteiger partial charge in [-0.2, -0.15) is 0 Å². The van der Waals surface area contributed by atoms with Gasteiger partial charge in [0.05, 0.1) is 5.45 Å². The molecule has 0 atom stereocenters. The fourth-order valence-corrected chi connectivity index (χ4v) is 1.44. The summed E-state index contributed by atoms with van der Waals surface area (Å²) in [6.45, 7) is 4.22. The smallest absolute Gasteiger partial charge is 0.0707 e. The molecule has 0 aliphatic rings. The topological polar surface area (TPSA) is 12.0 Å². The zero-order valence-corrected chi connectivity index (χ0v) is 8.40. The van der Waals surface area contributed by atoms with Crippen LogP contribution in [0.25, 0.3) is 0 Å². The molecule has 0 radical (unpaired) electrons. The summed E-state index contributed by atoms with van der Waals surface area (Å²) in [4.78, 5) is 0. The van der Waals surface area contributed by atoms with Crippen molar-refractivity contribution >= 4 is 21.6 Å². The Balaban J connectivity index is 3.00. The Hall–Kier alpha value is -0.500. The second-order valence-electron chi connectivity index (χ2n) is 2.58. The first kappa shape index (κ1) is 8.60. The van der Waals surface area contributed by atoms with E-state index in [-0.39, 0.29) is 0 Å². The molecule has 0 aliphatic heterocycles. The van der Waals surface area contributed by atoms with Crippen LogP contribution in [0.2, 0.25) is 0 Å². The number of benzene rings is 1. The zero-order valence-electron chi connectivity index (χ0n) is 6.82. The first-order valence-electron chi connectivity index (χ1n) is 3.61. The van der Waals surface area contributed by atoms with Crippen molar-refractivity contribution in [3.8, 4) is 0 Å². The summed E-state index contributed by atoms with van der Waals surface area (Å²) in [7, 11) is 0. The van der Waals surface area contributed by atoms with E-state index in [2.05, 4.69) is 53.3 Å². The summed E-state index contributed by atoms with van der Waals surface area (Å²) in [6, 6.07) is 6.29. The van der Waals surface area contributed by atoms with Crippen LogP contribution in [-0.2, 0) is 0 Å². The van der Waals surface area contributed by atoms with Crippen LogP contribution in [0, 0.1) is 13.8 Å². The van der Waals surface area contributed by atoms with Gasteiger partial charge in [-0.3, -0.25) is 0 Å². The molecule has 0 aromatic heterocycles. The quantitative estimate of drug-likeness (QED) is 0.589. The lowest BCUT2D eigenvalue weighted by Crippen LogP contribution is -1.98. The molecule has 0 saturated heterocycles. The molecule has 0 bridgehead atoms. The molecule has 1 aromatic carbocycles. The van der Waals surface area contributed by atoms with Gasteiger partial charge in [-0.05, 0) is 25.0 Å². The van der Waals surface area contributed by atoms with E-state index in [4.69, 9.17) is 0 Å². The van der Waals surface area contributed by atoms with Crippen molar-refractivity contribution in [1.29, 1.82) is 0 Å². The maximum Gasteiger partial charge on any atom is 0.0707 e. The van der Waals surface area contributed by atoms with Gasteiger partial charge in [0.15, 0.2) is 0 Å². The number of para-hydroxylation sites is 1. The molecule has 1 N–H and O–H groups in total. The highest BCUT2D eigenvalue weighted by Crippen LogP contribution is 2.19. The van der Waals surface area contributed by atoms with Crippen LogP contribution in [0.15, 0.2) is 18.2 Å². The Bertz CT molecular complexity index is 225. The number of hydrogen-bond acceptors (Lipinski definition) is 1. The average molecular weight is 214 g/mol. The Morgan fingerprint density at radius 2 is 1.82 bits per heavy atom. The first-order valence-corrected chi connectivity index (χ1v) is 4.74. The van der Waals surface area contributed by atoms with E-state index in [1.54, 1.807) is 0 Å². The average Bonchev–Trinajstić information content (AvgIpc) is 1.97. The number of halogens is 1. The predicted octanol–water partition coefficient (Wildman–Crippen LogP) is 3.07. The minimum absolute atomic E-state index is 0.804. The summed E-state index contributed by atoms with van der Waals surface area (Å²) in [6.07, 6.45) is 0. The van der Waals surface area contributed by atoms with Crippen LogP contribution < -0.4 is 5.32 Å². The number of hydrogen-bond donors (Lipinski definition) is 1. The number of alkyl halides is 1. The number of anilines is 1. The SMILES string of the molecule is Cc1cccc(C)c1NCBr. The van der Waals surface area contributed by atoms with Crippen molar-refractivity contribution < 1.29 is 0 Å². The summed E-state index contributed by atoms with van der Waals surface area (Å²) in [5, 5.41) is 3.26. The number of rotatable bonds is 2. The van der Waals surface area contributed by atoms with Gasteiger partial charge < -0.3 is 5.32 Å². The minimum Gasteiger partial charge on any atom is -0.375 e. The molecule has 1 aromatic rings. The maximum absolute atomic E-state index is 3.34. The largest absolute Gasteiger partial charge is 0.375 e. The van der Waals surface area contributed by atoms with Gasteiger partial charge in [-0.15, -0.1) is 0 Å².